The van der Waals surface area contributed by atoms with Crippen molar-refractivity contribution in [2.24, 2.45) is 0 Å². The van der Waals surface area contributed by atoms with E-state index in [1.807, 2.05) is 0 Å². The first-order valence-corrected chi connectivity index (χ1v) is 29.0. The molecule has 0 saturated heterocycles. The van der Waals surface area contributed by atoms with E-state index in [2.05, 4.69) is 337 Å². The summed E-state index contributed by atoms with van der Waals surface area (Å²) in [6, 6.07) is 123. The Morgan fingerprint density at radius 2 is 0.566 bits per heavy atom. The molecule has 4 aliphatic rings. The van der Waals surface area contributed by atoms with E-state index in [1.165, 1.54) is 112 Å². The lowest BCUT2D eigenvalue weighted by Gasteiger charge is -2.45. The highest BCUT2D eigenvalue weighted by Gasteiger charge is 2.54. The largest absolute Gasteiger partial charge is 0.310 e. The van der Waals surface area contributed by atoms with Gasteiger partial charge in [0.05, 0.1) is 33.3 Å². The molecule has 13 aromatic rings. The number of fused-ring (bicyclic) bond motifs is 15. The SMILES string of the molecule is c1ccc(N2c3ccccc3C3(c4ccccc4-c4c(N(c5ccc6c(c5)C(c5ccccc5)(c5ccccc5)c5ccccc5-6)c5ccc6c(c5)C(c5ccccc5)(c5ccccc5)c5ccccc5-6)cccc43)c3ccccc32)cc1. The van der Waals surface area contributed by atoms with Crippen molar-refractivity contribution in [1.82, 2.24) is 0 Å². The molecular weight excluding hydrogens is 1000 g/mol. The van der Waals surface area contributed by atoms with Gasteiger partial charge in [-0.05, 0) is 149 Å². The third-order valence-electron chi connectivity index (χ3n) is 18.8. The van der Waals surface area contributed by atoms with Crippen LogP contribution >= 0.6 is 0 Å². The summed E-state index contributed by atoms with van der Waals surface area (Å²) in [4.78, 5) is 5.08. The van der Waals surface area contributed by atoms with E-state index in [1.54, 1.807) is 0 Å². The molecule has 0 bridgehead atoms. The van der Waals surface area contributed by atoms with Gasteiger partial charge in [-0.15, -0.1) is 0 Å². The van der Waals surface area contributed by atoms with Crippen LogP contribution in [0.4, 0.5) is 34.1 Å². The summed E-state index contributed by atoms with van der Waals surface area (Å²) in [6.07, 6.45) is 0. The van der Waals surface area contributed by atoms with Gasteiger partial charge < -0.3 is 9.80 Å². The molecular formula is C81H54N2. The average molecular weight is 1060 g/mol. The number of benzene rings is 13. The lowest BCUT2D eigenvalue weighted by molar-refractivity contribution is 0.752. The lowest BCUT2D eigenvalue weighted by Crippen LogP contribution is -2.36. The van der Waals surface area contributed by atoms with E-state index in [-0.39, 0.29) is 0 Å². The number of nitrogens with zero attached hydrogens (tertiary/aromatic N) is 2. The van der Waals surface area contributed by atoms with Crippen molar-refractivity contribution in [3.63, 3.8) is 0 Å². The number of hydrogen-bond donors (Lipinski definition) is 0. The van der Waals surface area contributed by atoms with Gasteiger partial charge in [-0.2, -0.15) is 0 Å². The van der Waals surface area contributed by atoms with E-state index in [0.29, 0.717) is 0 Å². The summed E-state index contributed by atoms with van der Waals surface area (Å²) >= 11 is 0. The fraction of sp³-hybridized carbons (Fsp3) is 0.0370. The average Bonchev–Trinajstić information content (AvgIpc) is 1.76. The molecule has 0 N–H and O–H groups in total. The first-order chi connectivity index (χ1) is 41.2. The summed E-state index contributed by atoms with van der Waals surface area (Å²) < 4.78 is 0. The second-order valence-corrected chi connectivity index (χ2v) is 22.6. The number of para-hydroxylation sites is 3. The summed E-state index contributed by atoms with van der Waals surface area (Å²) in [6.45, 7) is 0. The Morgan fingerprint density at radius 3 is 1.01 bits per heavy atom. The molecule has 1 aliphatic heterocycles. The van der Waals surface area contributed by atoms with Crippen LogP contribution in [0.15, 0.2) is 328 Å². The predicted molar refractivity (Wildman–Crippen MR) is 341 cm³/mol. The summed E-state index contributed by atoms with van der Waals surface area (Å²) in [5.74, 6) is 0. The van der Waals surface area contributed by atoms with Crippen molar-refractivity contribution in [1.29, 1.82) is 0 Å². The van der Waals surface area contributed by atoms with Gasteiger partial charge in [0.15, 0.2) is 0 Å². The molecule has 0 radical (unpaired) electrons. The molecule has 0 aromatic heterocycles. The van der Waals surface area contributed by atoms with Crippen LogP contribution in [0.2, 0.25) is 0 Å². The molecule has 17 rings (SSSR count). The quantitative estimate of drug-likeness (QED) is 0.150. The Bertz CT molecular complexity index is 4370. The molecule has 0 saturated carbocycles. The zero-order chi connectivity index (χ0) is 54.7. The number of rotatable bonds is 8. The Hall–Kier alpha value is -10.5. The number of anilines is 6. The minimum atomic E-state index is -0.656. The maximum Gasteiger partial charge on any atom is 0.0755 e. The van der Waals surface area contributed by atoms with Crippen LogP contribution in [0.3, 0.4) is 0 Å². The third-order valence-corrected chi connectivity index (χ3v) is 18.8. The molecule has 0 atom stereocenters. The van der Waals surface area contributed by atoms with Gasteiger partial charge in [0.2, 0.25) is 0 Å². The van der Waals surface area contributed by atoms with Crippen molar-refractivity contribution in [3.8, 4) is 33.4 Å². The van der Waals surface area contributed by atoms with Gasteiger partial charge in [0, 0.05) is 22.6 Å². The Kier molecular flexibility index (Phi) is 10.4. The molecule has 13 aromatic carbocycles. The van der Waals surface area contributed by atoms with Gasteiger partial charge in [0.25, 0.3) is 0 Å². The normalized spacial score (nSPS) is 14.5. The van der Waals surface area contributed by atoms with E-state index in [4.69, 9.17) is 0 Å². The molecule has 2 heteroatoms. The Balaban J connectivity index is 0.985. The molecule has 1 spiro atoms. The van der Waals surface area contributed by atoms with Crippen molar-refractivity contribution in [2.45, 2.75) is 16.2 Å². The van der Waals surface area contributed by atoms with Crippen LogP contribution in [0, 0.1) is 0 Å². The molecule has 83 heavy (non-hydrogen) atoms. The topological polar surface area (TPSA) is 6.48 Å². The van der Waals surface area contributed by atoms with Crippen LogP contribution in [-0.4, -0.2) is 0 Å². The summed E-state index contributed by atoms with van der Waals surface area (Å²) in [5, 5.41) is 0. The van der Waals surface area contributed by atoms with Crippen LogP contribution < -0.4 is 9.80 Å². The second-order valence-electron chi connectivity index (χ2n) is 22.6. The van der Waals surface area contributed by atoms with E-state index in [9.17, 15) is 0 Å². The maximum absolute atomic E-state index is 2.61. The molecule has 2 nitrogen and oxygen atoms in total. The monoisotopic (exact) mass is 1050 g/mol. The minimum Gasteiger partial charge on any atom is -0.310 e. The highest BCUT2D eigenvalue weighted by molar-refractivity contribution is 6.02. The summed E-state index contributed by atoms with van der Waals surface area (Å²) in [7, 11) is 0. The molecule has 0 fully saturated rings. The van der Waals surface area contributed by atoms with Crippen molar-refractivity contribution >= 4 is 34.1 Å². The van der Waals surface area contributed by atoms with Crippen LogP contribution in [0.1, 0.15) is 66.8 Å². The van der Waals surface area contributed by atoms with Crippen LogP contribution in [0.25, 0.3) is 33.4 Å². The van der Waals surface area contributed by atoms with Crippen LogP contribution in [-0.2, 0) is 16.2 Å². The first-order valence-electron chi connectivity index (χ1n) is 29.0. The molecule has 388 valence electrons. The van der Waals surface area contributed by atoms with Gasteiger partial charge in [-0.25, -0.2) is 0 Å². The number of hydrogen-bond acceptors (Lipinski definition) is 2. The van der Waals surface area contributed by atoms with E-state index in [0.717, 1.165) is 22.7 Å². The van der Waals surface area contributed by atoms with Gasteiger partial charge >= 0.3 is 0 Å². The maximum atomic E-state index is 2.61. The van der Waals surface area contributed by atoms with E-state index >= 15 is 0 Å². The van der Waals surface area contributed by atoms with Gasteiger partial charge in [0.1, 0.15) is 0 Å². The molecule has 0 unspecified atom stereocenters. The Morgan fingerprint density at radius 1 is 0.229 bits per heavy atom. The smallest absolute Gasteiger partial charge is 0.0755 e. The van der Waals surface area contributed by atoms with E-state index < -0.39 is 16.2 Å². The molecule has 1 heterocycles. The predicted octanol–water partition coefficient (Wildman–Crippen LogP) is 20.0. The Labute approximate surface area is 485 Å². The summed E-state index contributed by atoms with van der Waals surface area (Å²) in [5.41, 5.74) is 27.5. The fourth-order valence-corrected chi connectivity index (χ4v) is 15.7. The fourth-order valence-electron chi connectivity index (χ4n) is 15.7. The lowest BCUT2D eigenvalue weighted by atomic mass is 9.64. The minimum absolute atomic E-state index is 0.610. The van der Waals surface area contributed by atoms with Gasteiger partial charge in [-0.1, -0.05) is 273 Å². The van der Waals surface area contributed by atoms with Crippen molar-refractivity contribution in [3.05, 3.63) is 394 Å². The second kappa shape index (κ2) is 18.2. The molecule has 3 aliphatic carbocycles. The first kappa shape index (κ1) is 47.3. The standard InChI is InChI=1S/C81H54N2/c1-6-27-55(28-7-1)79(56-29-8-2-9-30-56)67-40-19-16-37-62(67)64-51-49-60(53-73(64)79)82(61-50-52-65-63-38-17-20-41-68(63)80(74(65)54-61,57-31-10-3-11-32-57)58-33-12-4-13-34-58)77-48-26-45-72-78(77)66-39-18-21-42-69(66)81(72)70-43-22-24-46-75(70)83(59-35-14-5-15-36-59)76-47-25-23-44-71(76)81/h1-54H. The highest BCUT2D eigenvalue weighted by atomic mass is 15.2. The zero-order valence-corrected chi connectivity index (χ0v) is 45.6. The highest BCUT2D eigenvalue weighted by Crippen LogP contribution is 2.66. The van der Waals surface area contributed by atoms with Gasteiger partial charge in [-0.3, -0.25) is 0 Å². The van der Waals surface area contributed by atoms with Crippen molar-refractivity contribution < 1.29 is 0 Å². The molecule has 0 amide bonds. The van der Waals surface area contributed by atoms with Crippen molar-refractivity contribution in [2.75, 3.05) is 9.80 Å². The zero-order valence-electron chi connectivity index (χ0n) is 45.6. The third kappa shape index (κ3) is 6.38. The van der Waals surface area contributed by atoms with Crippen LogP contribution in [0.5, 0.6) is 0 Å².